The van der Waals surface area contributed by atoms with Crippen molar-refractivity contribution in [2.45, 2.75) is 75.5 Å². The zero-order valence-electron chi connectivity index (χ0n) is 9.49. The van der Waals surface area contributed by atoms with Gasteiger partial charge in [0, 0.05) is 0 Å². The highest BCUT2D eigenvalue weighted by atomic mass is 32.9. The molecule has 88 valence electrons. The topological polar surface area (TPSA) is 0 Å². The van der Waals surface area contributed by atoms with Gasteiger partial charge in [-0.3, -0.25) is 0 Å². The largest absolute Gasteiger partial charge is 0.746 e. The smallest absolute Gasteiger partial charge is 0.0320 e. The molecule has 3 heteroatoms. The van der Waals surface area contributed by atoms with Crippen molar-refractivity contribution in [1.29, 1.82) is 0 Å². The number of hydrogen-bond donors (Lipinski definition) is 0. The van der Waals surface area contributed by atoms with Gasteiger partial charge in [0.2, 0.25) is 0 Å². The van der Waals surface area contributed by atoms with Crippen molar-refractivity contribution in [2.24, 2.45) is 0 Å². The normalized spacial score (nSPS) is 26.7. The maximum Gasteiger partial charge on any atom is -0.0320 e. The van der Waals surface area contributed by atoms with Crippen molar-refractivity contribution in [1.82, 2.24) is 0 Å². The van der Waals surface area contributed by atoms with Gasteiger partial charge in [0.15, 0.2) is 0 Å². The lowest BCUT2D eigenvalue weighted by Gasteiger charge is -2.47. The van der Waals surface area contributed by atoms with E-state index in [9.17, 15) is 0 Å². The third-order valence-electron chi connectivity index (χ3n) is 4.17. The van der Waals surface area contributed by atoms with Crippen LogP contribution in [0.15, 0.2) is 0 Å². The fraction of sp³-hybridized carbons (Fsp3) is 1.00. The van der Waals surface area contributed by atoms with Gasteiger partial charge in [-0.05, 0) is 37.0 Å². The molecule has 0 heterocycles. The van der Waals surface area contributed by atoms with Gasteiger partial charge in [-0.1, -0.05) is 38.5 Å². The Morgan fingerprint density at radius 3 is 1.40 bits per heavy atom. The quantitative estimate of drug-likeness (QED) is 0.526. The Labute approximate surface area is 105 Å². The van der Waals surface area contributed by atoms with Gasteiger partial charge >= 0.3 is 0 Å². The van der Waals surface area contributed by atoms with Crippen LogP contribution in [0, 0.1) is 0 Å². The van der Waals surface area contributed by atoms with Crippen LogP contribution in [0.2, 0.25) is 0 Å². The van der Waals surface area contributed by atoms with E-state index in [1.807, 2.05) is 0 Å². The summed E-state index contributed by atoms with van der Waals surface area (Å²) in [6.45, 7) is 0. The van der Waals surface area contributed by atoms with Gasteiger partial charge in [-0.25, -0.2) is 0 Å². The molecule has 0 N–H and O–H groups in total. The summed E-state index contributed by atoms with van der Waals surface area (Å²) in [5, 5.41) is -1.43. The molecule has 0 atom stereocenters. The first-order chi connectivity index (χ1) is 7.21. The minimum absolute atomic E-state index is 0.777. The summed E-state index contributed by atoms with van der Waals surface area (Å²) in [7, 11) is 0. The van der Waals surface area contributed by atoms with Crippen LogP contribution in [0.3, 0.4) is 0 Å². The lowest BCUT2D eigenvalue weighted by Crippen LogP contribution is -2.21. The minimum atomic E-state index is -1.43. The predicted octanol–water partition coefficient (Wildman–Crippen LogP) is 4.59. The third-order valence-corrected chi connectivity index (χ3v) is 10.8. The molecule has 0 radical (unpaired) electrons. The second-order valence-electron chi connectivity index (χ2n) is 5.23. The van der Waals surface area contributed by atoms with E-state index >= 15 is 0 Å². The Morgan fingerprint density at radius 2 is 1.07 bits per heavy atom. The molecule has 2 fully saturated rings. The molecule has 2 rings (SSSR count). The van der Waals surface area contributed by atoms with E-state index in [0.29, 0.717) is 0 Å². The summed E-state index contributed by atoms with van der Waals surface area (Å²) < 4.78 is 0. The van der Waals surface area contributed by atoms with Crippen molar-refractivity contribution in [3.05, 3.63) is 0 Å². The average Bonchev–Trinajstić information content (AvgIpc) is 2.31. The minimum Gasteiger partial charge on any atom is -0.746 e. The Morgan fingerprint density at radius 1 is 0.733 bits per heavy atom. The van der Waals surface area contributed by atoms with Gasteiger partial charge in [-0.15, -0.1) is 11.8 Å². The van der Waals surface area contributed by atoms with E-state index in [0.717, 1.165) is 11.3 Å². The molecule has 0 saturated heterocycles. The molecule has 0 bridgehead atoms. The van der Waals surface area contributed by atoms with E-state index in [2.05, 4.69) is 0 Å². The van der Waals surface area contributed by atoms with Crippen LogP contribution in [0.25, 0.3) is 0 Å². The van der Waals surface area contributed by atoms with Crippen LogP contribution in [0.4, 0.5) is 0 Å². The molecule has 2 aliphatic carbocycles. The molecule has 0 nitrogen and oxygen atoms in total. The maximum absolute atomic E-state index is 5.91. The molecule has 0 spiro atoms. The summed E-state index contributed by atoms with van der Waals surface area (Å²) in [6, 6.07) is 0. The molecular formula is C12H22PS2-. The number of hydrogen-bond acceptors (Lipinski definition) is 2. The standard InChI is InChI=1S/C12H23PS2/c14-13(15,11-7-3-1-4-8-11)12-9-5-2-6-10-12/h11-12H,1-10H2,(H,14,15)/p-1. The van der Waals surface area contributed by atoms with Crippen molar-refractivity contribution >= 4 is 29.3 Å². The van der Waals surface area contributed by atoms with E-state index in [1.165, 1.54) is 64.2 Å². The lowest BCUT2D eigenvalue weighted by molar-refractivity contribution is 0.488. The monoisotopic (exact) mass is 261 g/mol. The van der Waals surface area contributed by atoms with Crippen LogP contribution in [0.1, 0.15) is 64.2 Å². The molecule has 0 aromatic carbocycles. The summed E-state index contributed by atoms with van der Waals surface area (Å²) in [4.78, 5) is 0. The molecule has 2 saturated carbocycles. The summed E-state index contributed by atoms with van der Waals surface area (Å²) in [6.07, 6.45) is 13.9. The van der Waals surface area contributed by atoms with E-state index < -0.39 is 5.24 Å². The molecule has 0 amide bonds. The summed E-state index contributed by atoms with van der Waals surface area (Å²) in [5.74, 6) is 0. The first kappa shape index (κ1) is 12.5. The number of rotatable bonds is 2. The highest BCUT2D eigenvalue weighted by Gasteiger charge is 2.27. The molecule has 0 unspecified atom stereocenters. The van der Waals surface area contributed by atoms with Gasteiger partial charge in [-0.2, -0.15) is 5.24 Å². The van der Waals surface area contributed by atoms with Gasteiger partial charge < -0.3 is 12.2 Å². The van der Waals surface area contributed by atoms with Gasteiger partial charge in [0.05, 0.1) is 0 Å². The molecule has 15 heavy (non-hydrogen) atoms. The van der Waals surface area contributed by atoms with Crippen molar-refractivity contribution in [3.8, 4) is 0 Å². The fourth-order valence-electron chi connectivity index (χ4n) is 3.18. The zero-order chi connectivity index (χ0) is 10.7. The van der Waals surface area contributed by atoms with Crippen LogP contribution < -0.4 is 0 Å². The van der Waals surface area contributed by atoms with Crippen molar-refractivity contribution < 1.29 is 0 Å². The van der Waals surface area contributed by atoms with E-state index in [1.54, 1.807) is 0 Å². The highest BCUT2D eigenvalue weighted by molar-refractivity contribution is 8.55. The van der Waals surface area contributed by atoms with Gasteiger partial charge in [0.25, 0.3) is 0 Å². The van der Waals surface area contributed by atoms with E-state index in [4.69, 9.17) is 24.1 Å². The van der Waals surface area contributed by atoms with Crippen LogP contribution >= 0.6 is 5.24 Å². The highest BCUT2D eigenvalue weighted by Crippen LogP contribution is 2.61. The molecule has 0 aliphatic heterocycles. The van der Waals surface area contributed by atoms with Crippen LogP contribution in [-0.2, 0) is 24.1 Å². The Bertz CT molecular complexity index is 218. The van der Waals surface area contributed by atoms with E-state index in [-0.39, 0.29) is 0 Å². The summed E-state index contributed by atoms with van der Waals surface area (Å²) >= 11 is 11.8. The lowest BCUT2D eigenvalue weighted by atomic mass is 10.00. The first-order valence-corrected chi connectivity index (χ1v) is 10.5. The van der Waals surface area contributed by atoms with Crippen LogP contribution in [0.5, 0.6) is 0 Å². The second-order valence-corrected chi connectivity index (χ2v) is 12.3. The Hall–Kier alpha value is 1.00. The van der Waals surface area contributed by atoms with Crippen molar-refractivity contribution in [2.75, 3.05) is 0 Å². The first-order valence-electron chi connectivity index (χ1n) is 6.51. The SMILES string of the molecule is S=P([S-])(C1CCCCC1)C1CCCCC1. The van der Waals surface area contributed by atoms with Crippen molar-refractivity contribution in [3.63, 3.8) is 0 Å². The maximum atomic E-state index is 5.91. The van der Waals surface area contributed by atoms with Crippen LogP contribution in [-0.4, -0.2) is 11.3 Å². The second kappa shape index (κ2) is 5.56. The van der Waals surface area contributed by atoms with Gasteiger partial charge in [0.1, 0.15) is 0 Å². The average molecular weight is 261 g/mol. The zero-order valence-corrected chi connectivity index (χ0v) is 12.0. The molecule has 2 aliphatic rings. The summed E-state index contributed by atoms with van der Waals surface area (Å²) in [5.41, 5.74) is 1.55. The molecular weight excluding hydrogens is 239 g/mol. The fourth-order valence-corrected chi connectivity index (χ4v) is 8.48. The Kier molecular flexibility index (Phi) is 4.62. The predicted molar refractivity (Wildman–Crippen MR) is 75.4 cm³/mol. The Balaban J connectivity index is 1.99. The molecule has 0 aromatic heterocycles. The third kappa shape index (κ3) is 3.01. The molecule has 0 aromatic rings.